The molecule has 1 aliphatic carbocycles. The van der Waals surface area contributed by atoms with Crippen LogP contribution in [0, 0.1) is 11.8 Å². The lowest BCUT2D eigenvalue weighted by Gasteiger charge is -2.16. The molecule has 8 heteroatoms. The van der Waals surface area contributed by atoms with Gasteiger partial charge in [-0.25, -0.2) is 0 Å². The summed E-state index contributed by atoms with van der Waals surface area (Å²) < 4.78 is 15.7. The highest BCUT2D eigenvalue weighted by Gasteiger charge is 2.40. The molecule has 1 fully saturated rings. The van der Waals surface area contributed by atoms with Gasteiger partial charge in [-0.05, 0) is 24.5 Å². The molecule has 0 bridgehead atoms. The minimum Gasteiger partial charge on any atom is -0.494 e. The van der Waals surface area contributed by atoms with Crippen LogP contribution in [-0.4, -0.2) is 38.6 Å². The van der Waals surface area contributed by atoms with Gasteiger partial charge in [0.1, 0.15) is 11.5 Å². The first kappa shape index (κ1) is 21.2. The van der Waals surface area contributed by atoms with Crippen LogP contribution in [0.1, 0.15) is 23.7 Å². The highest BCUT2D eigenvalue weighted by molar-refractivity contribution is 6.05. The summed E-state index contributed by atoms with van der Waals surface area (Å²) in [6.45, 7) is 1.57. The second-order valence-electron chi connectivity index (χ2n) is 7.05. The summed E-state index contributed by atoms with van der Waals surface area (Å²) in [6, 6.07) is 11.8. The normalized spacial score (nSPS) is 16.9. The third kappa shape index (κ3) is 5.08. The number of nitrogens with one attached hydrogen (secondary N) is 2. The summed E-state index contributed by atoms with van der Waals surface area (Å²) in [5, 5.41) is 5.41. The van der Waals surface area contributed by atoms with Crippen molar-refractivity contribution in [2.75, 3.05) is 31.5 Å². The minimum absolute atomic E-state index is 0.111. The number of hydrogen-bond acceptors (Lipinski definition) is 6. The zero-order valence-electron chi connectivity index (χ0n) is 17.1. The molecule has 2 aromatic rings. The zero-order valence-corrected chi connectivity index (χ0v) is 17.1. The van der Waals surface area contributed by atoms with E-state index in [2.05, 4.69) is 10.6 Å². The Hall–Kier alpha value is -3.55. The van der Waals surface area contributed by atoms with Crippen LogP contribution in [0.25, 0.3) is 0 Å². The highest BCUT2D eigenvalue weighted by Crippen LogP contribution is 2.39. The van der Waals surface area contributed by atoms with E-state index in [1.165, 1.54) is 20.3 Å². The maximum atomic E-state index is 12.5. The molecule has 2 atom stereocenters. The number of hydrogen-bond donors (Lipinski definition) is 2. The molecule has 30 heavy (non-hydrogen) atoms. The van der Waals surface area contributed by atoms with E-state index < -0.39 is 5.91 Å². The molecule has 2 aromatic carbocycles. The van der Waals surface area contributed by atoms with E-state index in [4.69, 9.17) is 14.2 Å². The van der Waals surface area contributed by atoms with Crippen molar-refractivity contribution in [2.24, 2.45) is 11.8 Å². The van der Waals surface area contributed by atoms with Crippen LogP contribution < -0.4 is 20.1 Å². The topological polar surface area (TPSA) is 103 Å². The van der Waals surface area contributed by atoms with Gasteiger partial charge < -0.3 is 24.8 Å². The molecule has 0 aromatic heterocycles. The van der Waals surface area contributed by atoms with Gasteiger partial charge in [0, 0.05) is 17.7 Å². The first-order valence-electron chi connectivity index (χ1n) is 9.51. The number of benzene rings is 2. The van der Waals surface area contributed by atoms with Crippen LogP contribution in [0.2, 0.25) is 0 Å². The molecule has 2 amide bonds. The van der Waals surface area contributed by atoms with E-state index >= 15 is 0 Å². The molecule has 2 N–H and O–H groups in total. The van der Waals surface area contributed by atoms with Crippen molar-refractivity contribution in [3.05, 3.63) is 48.0 Å². The monoisotopic (exact) mass is 412 g/mol. The molecular formula is C22H24N2O6. The van der Waals surface area contributed by atoms with Gasteiger partial charge in [-0.15, -0.1) is 0 Å². The summed E-state index contributed by atoms with van der Waals surface area (Å²) in [7, 11) is 2.89. The van der Waals surface area contributed by atoms with Gasteiger partial charge >= 0.3 is 5.97 Å². The van der Waals surface area contributed by atoms with Crippen molar-refractivity contribution in [3.8, 4) is 11.5 Å². The van der Waals surface area contributed by atoms with Gasteiger partial charge in [-0.1, -0.05) is 25.1 Å². The standard InChI is InChI=1S/C22H24N2O6/c1-13-9-15(13)22(27)30-12-20(25)23-16-10-19(29-3)17(11-18(16)28-2)24-21(26)14-7-5-4-6-8-14/h4-8,10-11,13,15H,9,12H2,1-3H3,(H,23,25)(H,24,26)/t13-,15-/m1/s1. The van der Waals surface area contributed by atoms with Crippen molar-refractivity contribution in [2.45, 2.75) is 13.3 Å². The summed E-state index contributed by atoms with van der Waals surface area (Å²) in [4.78, 5) is 36.4. The average molecular weight is 412 g/mol. The lowest BCUT2D eigenvalue weighted by Crippen LogP contribution is -2.22. The first-order valence-corrected chi connectivity index (χ1v) is 9.51. The molecule has 3 rings (SSSR count). The highest BCUT2D eigenvalue weighted by atomic mass is 16.5. The van der Waals surface area contributed by atoms with E-state index in [0.717, 1.165) is 6.42 Å². The Morgan fingerprint density at radius 2 is 1.53 bits per heavy atom. The van der Waals surface area contributed by atoms with Crippen LogP contribution >= 0.6 is 0 Å². The van der Waals surface area contributed by atoms with Crippen molar-refractivity contribution in [3.63, 3.8) is 0 Å². The van der Waals surface area contributed by atoms with Gasteiger partial charge in [0.15, 0.2) is 6.61 Å². The maximum absolute atomic E-state index is 12.5. The number of esters is 1. The van der Waals surface area contributed by atoms with E-state index in [1.54, 1.807) is 30.3 Å². The summed E-state index contributed by atoms with van der Waals surface area (Å²) in [6.07, 6.45) is 0.793. The number of rotatable bonds is 8. The van der Waals surface area contributed by atoms with Crippen molar-refractivity contribution >= 4 is 29.2 Å². The SMILES string of the molecule is COc1cc(NC(=O)c2ccccc2)c(OC)cc1NC(=O)COC(=O)[C@@H]1C[C@H]1C. The number of carbonyl (C=O) groups is 3. The molecular weight excluding hydrogens is 388 g/mol. The molecule has 1 saturated carbocycles. The number of anilines is 2. The second kappa shape index (κ2) is 9.30. The fraction of sp³-hybridized carbons (Fsp3) is 0.318. The lowest BCUT2D eigenvalue weighted by molar-refractivity contribution is -0.148. The van der Waals surface area contributed by atoms with Crippen molar-refractivity contribution in [1.29, 1.82) is 0 Å². The fourth-order valence-electron chi connectivity index (χ4n) is 2.96. The van der Waals surface area contributed by atoms with E-state index in [9.17, 15) is 14.4 Å². The van der Waals surface area contributed by atoms with E-state index in [-0.39, 0.29) is 24.4 Å². The predicted octanol–water partition coefficient (Wildman–Crippen LogP) is 3.09. The summed E-state index contributed by atoms with van der Waals surface area (Å²) in [5.41, 5.74) is 1.20. The minimum atomic E-state index is -0.502. The summed E-state index contributed by atoms with van der Waals surface area (Å²) in [5.74, 6) is -0.328. The molecule has 0 radical (unpaired) electrons. The molecule has 0 saturated heterocycles. The second-order valence-corrected chi connectivity index (χ2v) is 7.05. The Kier molecular flexibility index (Phi) is 6.56. The molecule has 0 aliphatic heterocycles. The number of ether oxygens (including phenoxy) is 3. The maximum Gasteiger partial charge on any atom is 0.309 e. The van der Waals surface area contributed by atoms with Crippen LogP contribution in [0.3, 0.4) is 0 Å². The van der Waals surface area contributed by atoms with Gasteiger partial charge in [-0.3, -0.25) is 14.4 Å². The molecule has 0 unspecified atom stereocenters. The Morgan fingerprint density at radius 1 is 0.967 bits per heavy atom. The Labute approximate surface area is 174 Å². The van der Waals surface area contributed by atoms with Crippen LogP contribution in [-0.2, 0) is 14.3 Å². The molecule has 1 aliphatic rings. The Bertz CT molecular complexity index is 944. The number of amides is 2. The fourth-order valence-corrected chi connectivity index (χ4v) is 2.96. The zero-order chi connectivity index (χ0) is 21.7. The number of methoxy groups -OCH3 is 2. The quantitative estimate of drug-likeness (QED) is 0.646. The Balaban J connectivity index is 1.70. The van der Waals surface area contributed by atoms with Crippen molar-refractivity contribution < 1.29 is 28.6 Å². The third-order valence-electron chi connectivity index (χ3n) is 4.84. The third-order valence-corrected chi connectivity index (χ3v) is 4.84. The predicted molar refractivity (Wildman–Crippen MR) is 111 cm³/mol. The average Bonchev–Trinajstić information content (AvgIpc) is 3.49. The largest absolute Gasteiger partial charge is 0.494 e. The summed E-state index contributed by atoms with van der Waals surface area (Å²) >= 11 is 0. The van der Waals surface area contributed by atoms with Crippen LogP contribution in [0.15, 0.2) is 42.5 Å². The molecule has 0 spiro atoms. The van der Waals surface area contributed by atoms with Gasteiger partial charge in [0.05, 0.1) is 31.5 Å². The molecule has 8 nitrogen and oxygen atoms in total. The van der Waals surface area contributed by atoms with Crippen LogP contribution in [0.4, 0.5) is 11.4 Å². The molecule has 0 heterocycles. The Morgan fingerprint density at radius 3 is 2.07 bits per heavy atom. The number of carbonyl (C=O) groups excluding carboxylic acids is 3. The van der Waals surface area contributed by atoms with E-state index in [0.29, 0.717) is 34.4 Å². The lowest BCUT2D eigenvalue weighted by atomic mass is 10.2. The molecule has 158 valence electrons. The van der Waals surface area contributed by atoms with E-state index in [1.807, 2.05) is 13.0 Å². The van der Waals surface area contributed by atoms with Gasteiger partial charge in [-0.2, -0.15) is 0 Å². The smallest absolute Gasteiger partial charge is 0.309 e. The van der Waals surface area contributed by atoms with Gasteiger partial charge in [0.2, 0.25) is 0 Å². The van der Waals surface area contributed by atoms with Gasteiger partial charge in [0.25, 0.3) is 11.8 Å². The first-order chi connectivity index (χ1) is 14.4. The van der Waals surface area contributed by atoms with Crippen molar-refractivity contribution in [1.82, 2.24) is 0 Å². The van der Waals surface area contributed by atoms with Crippen LogP contribution in [0.5, 0.6) is 11.5 Å².